The summed E-state index contributed by atoms with van der Waals surface area (Å²) in [6.45, 7) is 1.50. The minimum atomic E-state index is -0.986. The van der Waals surface area contributed by atoms with E-state index in [9.17, 15) is 30.0 Å². The number of aliphatic hydroxyl groups is 3. The molecular formula is C29H34ClNO6S. The number of likely N-dealkylation sites (tertiary alicyclic amines) is 1. The number of aliphatic hydroxyl groups excluding tert-OH is 3. The van der Waals surface area contributed by atoms with Crippen molar-refractivity contribution in [3.8, 4) is 5.75 Å². The highest BCUT2D eigenvalue weighted by molar-refractivity contribution is 7.09. The fourth-order valence-electron chi connectivity index (χ4n) is 5.81. The van der Waals surface area contributed by atoms with E-state index < -0.39 is 30.5 Å². The maximum Gasteiger partial charge on any atom is 0.234 e. The zero-order chi connectivity index (χ0) is 27.4. The van der Waals surface area contributed by atoms with Crippen molar-refractivity contribution < 1.29 is 30.0 Å². The van der Waals surface area contributed by atoms with Gasteiger partial charge in [0.25, 0.3) is 0 Å². The lowest BCUT2D eigenvalue weighted by Crippen LogP contribution is -2.39. The molecule has 1 aromatic heterocycles. The fourth-order valence-corrected chi connectivity index (χ4v) is 6.73. The molecule has 1 aromatic carbocycles. The van der Waals surface area contributed by atoms with Crippen LogP contribution in [0, 0.1) is 17.8 Å². The Morgan fingerprint density at radius 1 is 1.21 bits per heavy atom. The molecule has 0 spiro atoms. The van der Waals surface area contributed by atoms with Gasteiger partial charge in [-0.1, -0.05) is 42.7 Å². The molecule has 0 radical (unpaired) electrons. The van der Waals surface area contributed by atoms with Crippen LogP contribution in [0.15, 0.2) is 52.4 Å². The highest BCUT2D eigenvalue weighted by atomic mass is 35.5. The zero-order valence-corrected chi connectivity index (χ0v) is 22.9. The normalized spacial score (nSPS) is 22.8. The Morgan fingerprint density at radius 3 is 2.63 bits per heavy atom. The molecule has 2 aliphatic rings. The Morgan fingerprint density at radius 2 is 2.00 bits per heavy atom. The molecular weight excluding hydrogens is 526 g/mol. The number of carbonyl (C=O) groups excluding carboxylic acids is 2. The molecule has 0 bridgehead atoms. The number of halogens is 1. The van der Waals surface area contributed by atoms with Crippen LogP contribution in [0.5, 0.6) is 5.75 Å². The molecule has 0 saturated carbocycles. The van der Waals surface area contributed by atoms with E-state index in [1.54, 1.807) is 12.1 Å². The number of phenolic OH excluding ortho intramolecular Hbond substituents is 1. The number of thiophene rings is 1. The molecule has 1 fully saturated rings. The molecule has 4 N–H and O–H groups in total. The molecule has 2 aromatic rings. The second-order valence-corrected chi connectivity index (χ2v) is 11.4. The van der Waals surface area contributed by atoms with E-state index >= 15 is 0 Å². The van der Waals surface area contributed by atoms with Crippen LogP contribution in [-0.4, -0.2) is 56.5 Å². The van der Waals surface area contributed by atoms with Gasteiger partial charge >= 0.3 is 0 Å². The molecule has 7 nitrogen and oxygen atoms in total. The SMILES string of the molecule is CCC/C(=C\c1ccc(O)cc1Cl)CC[C@@H](O)C1=C(CO)C[C@H]2C(=O)N(Cc3cccs3)C(=O)[C@H]2[C@H]1CO. The molecule has 1 aliphatic carbocycles. The van der Waals surface area contributed by atoms with Crippen LogP contribution in [0.4, 0.5) is 0 Å². The predicted octanol–water partition coefficient (Wildman–Crippen LogP) is 4.53. The van der Waals surface area contributed by atoms with Crippen molar-refractivity contribution in [2.45, 2.75) is 51.7 Å². The Kier molecular flexibility index (Phi) is 9.44. The van der Waals surface area contributed by atoms with Crippen LogP contribution >= 0.6 is 22.9 Å². The van der Waals surface area contributed by atoms with Gasteiger partial charge in [0.05, 0.1) is 42.7 Å². The number of imide groups is 1. The van der Waals surface area contributed by atoms with E-state index in [2.05, 4.69) is 6.92 Å². The quantitative estimate of drug-likeness (QED) is 0.237. The summed E-state index contributed by atoms with van der Waals surface area (Å²) in [5.74, 6) is -2.67. The summed E-state index contributed by atoms with van der Waals surface area (Å²) in [7, 11) is 0. The molecule has 38 heavy (non-hydrogen) atoms. The number of phenols is 1. The number of fused-ring (bicyclic) bond motifs is 1. The van der Waals surface area contributed by atoms with E-state index in [-0.39, 0.29) is 37.1 Å². The van der Waals surface area contributed by atoms with Gasteiger partial charge in [0.15, 0.2) is 0 Å². The first-order chi connectivity index (χ1) is 18.3. The Hall–Kier alpha value is -2.49. The third-order valence-electron chi connectivity index (χ3n) is 7.57. The van der Waals surface area contributed by atoms with Gasteiger partial charge in [0.2, 0.25) is 11.8 Å². The lowest BCUT2D eigenvalue weighted by atomic mass is 9.68. The van der Waals surface area contributed by atoms with Gasteiger partial charge in [0, 0.05) is 10.8 Å². The van der Waals surface area contributed by atoms with Gasteiger partial charge < -0.3 is 20.4 Å². The van der Waals surface area contributed by atoms with Gasteiger partial charge in [-0.25, -0.2) is 0 Å². The average Bonchev–Trinajstić information content (AvgIpc) is 3.50. The highest BCUT2D eigenvalue weighted by Gasteiger charge is 2.54. The maximum absolute atomic E-state index is 13.4. The van der Waals surface area contributed by atoms with Crippen molar-refractivity contribution in [1.29, 1.82) is 0 Å². The van der Waals surface area contributed by atoms with Crippen molar-refractivity contribution in [2.75, 3.05) is 13.2 Å². The number of nitrogens with zero attached hydrogens (tertiary/aromatic N) is 1. The number of hydrogen-bond acceptors (Lipinski definition) is 7. The first-order valence-corrected chi connectivity index (χ1v) is 14.2. The number of hydrogen-bond donors (Lipinski definition) is 4. The van der Waals surface area contributed by atoms with Gasteiger partial charge in [-0.2, -0.15) is 0 Å². The van der Waals surface area contributed by atoms with Crippen molar-refractivity contribution in [2.24, 2.45) is 17.8 Å². The van der Waals surface area contributed by atoms with Gasteiger partial charge in [-0.05, 0) is 72.0 Å². The Labute approximate surface area is 231 Å². The fraction of sp³-hybridized carbons (Fsp3) is 0.448. The monoisotopic (exact) mass is 559 g/mol. The number of carbonyl (C=O) groups is 2. The van der Waals surface area contributed by atoms with E-state index in [1.807, 2.05) is 23.6 Å². The molecule has 0 unspecified atom stereocenters. The summed E-state index contributed by atoms with van der Waals surface area (Å²) in [4.78, 5) is 28.8. The van der Waals surface area contributed by atoms with Crippen molar-refractivity contribution in [1.82, 2.24) is 4.90 Å². The summed E-state index contributed by atoms with van der Waals surface area (Å²) in [5.41, 5.74) is 2.84. The Bertz CT molecular complexity index is 1220. The summed E-state index contributed by atoms with van der Waals surface area (Å²) >= 11 is 7.76. The summed E-state index contributed by atoms with van der Waals surface area (Å²) < 4.78 is 0. The van der Waals surface area contributed by atoms with Gasteiger partial charge in [-0.15, -0.1) is 11.3 Å². The smallest absolute Gasteiger partial charge is 0.234 e. The molecule has 9 heteroatoms. The van der Waals surface area contributed by atoms with Crippen LogP contribution in [0.3, 0.4) is 0 Å². The average molecular weight is 560 g/mol. The Balaban J connectivity index is 1.55. The van der Waals surface area contributed by atoms with Crippen LogP contribution < -0.4 is 0 Å². The van der Waals surface area contributed by atoms with Crippen molar-refractivity contribution in [3.63, 3.8) is 0 Å². The second-order valence-electron chi connectivity index (χ2n) is 10.00. The molecule has 2 heterocycles. The summed E-state index contributed by atoms with van der Waals surface area (Å²) in [6, 6.07) is 8.53. The third-order valence-corrected chi connectivity index (χ3v) is 8.76. The second kappa shape index (κ2) is 12.6. The van der Waals surface area contributed by atoms with E-state index in [0.717, 1.165) is 28.9 Å². The minimum absolute atomic E-state index is 0.0858. The van der Waals surface area contributed by atoms with Crippen LogP contribution in [0.2, 0.25) is 5.02 Å². The number of rotatable bonds is 11. The number of allylic oxidation sites excluding steroid dienone is 1. The van der Waals surface area contributed by atoms with Gasteiger partial charge in [0.1, 0.15) is 5.75 Å². The van der Waals surface area contributed by atoms with E-state index in [1.165, 1.54) is 22.3 Å². The lowest BCUT2D eigenvalue weighted by Gasteiger charge is -2.36. The van der Waals surface area contributed by atoms with Gasteiger partial charge in [-0.3, -0.25) is 14.5 Å². The molecule has 1 saturated heterocycles. The molecule has 4 rings (SSSR count). The summed E-state index contributed by atoms with van der Waals surface area (Å²) in [5, 5.41) is 43.8. The summed E-state index contributed by atoms with van der Waals surface area (Å²) in [6.07, 6.45) is 3.71. The number of benzene rings is 1. The largest absolute Gasteiger partial charge is 0.508 e. The lowest BCUT2D eigenvalue weighted by molar-refractivity contribution is -0.140. The molecule has 4 atom stereocenters. The van der Waals surface area contributed by atoms with Crippen molar-refractivity contribution >= 4 is 40.8 Å². The third kappa shape index (κ3) is 5.90. The highest BCUT2D eigenvalue weighted by Crippen LogP contribution is 2.46. The van der Waals surface area contributed by atoms with Crippen molar-refractivity contribution in [3.05, 3.63) is 67.9 Å². The van der Waals surface area contributed by atoms with Crippen LogP contribution in [-0.2, 0) is 16.1 Å². The van der Waals surface area contributed by atoms with Crippen LogP contribution in [0.1, 0.15) is 49.5 Å². The maximum atomic E-state index is 13.4. The molecule has 2 amide bonds. The number of amides is 2. The minimum Gasteiger partial charge on any atom is -0.508 e. The molecule has 1 aliphatic heterocycles. The topological polar surface area (TPSA) is 118 Å². The van der Waals surface area contributed by atoms with E-state index in [0.29, 0.717) is 29.0 Å². The predicted molar refractivity (Wildman–Crippen MR) is 147 cm³/mol. The first kappa shape index (κ1) is 28.5. The number of aromatic hydroxyl groups is 1. The molecule has 204 valence electrons. The standard InChI is InChI=1S/C29H34ClNO6S/c1-2-4-17(11-18-7-8-20(34)13-24(18)30)6-9-25(35)26-19(15-32)12-22-27(23(26)16-33)29(37)31(28(22)36)14-21-5-3-10-38-21/h3,5,7-8,10-11,13,22-23,25,27,32-35H,2,4,6,9,12,14-16H2,1H3/b17-11+/t22-,23+,25-,27-/m1/s1. The van der Waals surface area contributed by atoms with Crippen LogP contribution in [0.25, 0.3) is 6.08 Å². The van der Waals surface area contributed by atoms with E-state index in [4.69, 9.17) is 11.6 Å². The first-order valence-electron chi connectivity index (χ1n) is 13.0. The zero-order valence-electron chi connectivity index (χ0n) is 21.3.